The van der Waals surface area contributed by atoms with Gasteiger partial charge in [0.25, 0.3) is 0 Å². The second-order valence-corrected chi connectivity index (χ2v) is 6.34. The minimum absolute atomic E-state index is 0.295. The molecule has 0 bridgehead atoms. The van der Waals surface area contributed by atoms with E-state index >= 15 is 0 Å². The highest BCUT2D eigenvalue weighted by Gasteiger charge is 2.10. The molecule has 0 aliphatic rings. The lowest BCUT2D eigenvalue weighted by molar-refractivity contribution is 0.415. The van der Waals surface area contributed by atoms with Gasteiger partial charge in [-0.15, -0.1) is 11.3 Å². The van der Waals surface area contributed by atoms with Crippen molar-refractivity contribution in [2.24, 2.45) is 0 Å². The molecule has 0 aliphatic carbocycles. The fraction of sp³-hybridized carbons (Fsp3) is 0.167. The van der Waals surface area contributed by atoms with Crippen LogP contribution in [0.1, 0.15) is 10.4 Å². The van der Waals surface area contributed by atoms with Gasteiger partial charge in [0.05, 0.1) is 12.8 Å². The number of aromatic nitrogens is 1. The van der Waals surface area contributed by atoms with Gasteiger partial charge in [-0.2, -0.15) is 0 Å². The molecule has 5 heteroatoms. The van der Waals surface area contributed by atoms with Crippen LogP contribution in [0.3, 0.4) is 0 Å². The number of anilines is 1. The summed E-state index contributed by atoms with van der Waals surface area (Å²) < 4.78 is 5.19. The molecule has 0 atom stereocenters. The average Bonchev–Trinajstić information content (AvgIpc) is 2.95. The number of aromatic hydroxyl groups is 1. The van der Waals surface area contributed by atoms with E-state index in [9.17, 15) is 5.11 Å². The lowest BCUT2D eigenvalue weighted by Crippen LogP contribution is -1.99. The van der Waals surface area contributed by atoms with E-state index in [4.69, 9.17) is 4.74 Å². The summed E-state index contributed by atoms with van der Waals surface area (Å²) in [6.45, 7) is 2.60. The molecule has 0 saturated carbocycles. The highest BCUT2D eigenvalue weighted by atomic mass is 32.1. The Kier molecular flexibility index (Phi) is 4.48. The van der Waals surface area contributed by atoms with Gasteiger partial charge < -0.3 is 15.2 Å². The zero-order valence-corrected chi connectivity index (χ0v) is 13.9. The van der Waals surface area contributed by atoms with Crippen LogP contribution in [0, 0.1) is 6.92 Å². The number of aryl methyl sites for hydroxylation is 1. The number of hydrogen-bond donors (Lipinski definition) is 2. The molecule has 0 radical (unpaired) electrons. The number of ether oxygens (including phenoxy) is 1. The quantitative estimate of drug-likeness (QED) is 0.727. The Hall–Kier alpha value is -2.53. The molecule has 0 unspecified atom stereocenters. The maximum atomic E-state index is 9.81. The van der Waals surface area contributed by atoms with Crippen molar-refractivity contribution in [3.05, 3.63) is 59.0 Å². The summed E-state index contributed by atoms with van der Waals surface area (Å²) in [7, 11) is 1.66. The molecule has 0 amide bonds. The van der Waals surface area contributed by atoms with Crippen LogP contribution in [0.15, 0.2) is 48.5 Å². The summed E-state index contributed by atoms with van der Waals surface area (Å²) in [5.41, 5.74) is 2.89. The maximum absolute atomic E-state index is 9.81. The van der Waals surface area contributed by atoms with E-state index in [0.29, 0.717) is 12.3 Å². The minimum atomic E-state index is 0.295. The highest BCUT2D eigenvalue weighted by molar-refractivity contribution is 7.16. The van der Waals surface area contributed by atoms with E-state index in [-0.39, 0.29) is 0 Å². The number of hydrogen-bond acceptors (Lipinski definition) is 5. The van der Waals surface area contributed by atoms with Crippen LogP contribution in [0.5, 0.6) is 11.5 Å². The van der Waals surface area contributed by atoms with Crippen LogP contribution < -0.4 is 10.1 Å². The van der Waals surface area contributed by atoms with Crippen LogP contribution in [0.2, 0.25) is 0 Å². The van der Waals surface area contributed by atoms with Crippen LogP contribution in [-0.4, -0.2) is 17.2 Å². The molecule has 3 aromatic rings. The van der Waals surface area contributed by atoms with Gasteiger partial charge in [0.2, 0.25) is 0 Å². The van der Waals surface area contributed by atoms with Crippen LogP contribution >= 0.6 is 11.3 Å². The first kappa shape index (κ1) is 15.4. The predicted molar refractivity (Wildman–Crippen MR) is 94.3 cm³/mol. The van der Waals surface area contributed by atoms with Crippen LogP contribution in [0.25, 0.3) is 11.3 Å². The van der Waals surface area contributed by atoms with E-state index in [1.807, 2.05) is 42.5 Å². The molecule has 1 aromatic heterocycles. The van der Waals surface area contributed by atoms with Crippen molar-refractivity contribution >= 4 is 16.5 Å². The van der Waals surface area contributed by atoms with Crippen molar-refractivity contribution < 1.29 is 9.84 Å². The number of nitrogens with one attached hydrogen (secondary N) is 1. The fourth-order valence-electron chi connectivity index (χ4n) is 2.32. The fourth-order valence-corrected chi connectivity index (χ4v) is 3.15. The number of phenolic OH excluding ortho intramolecular Hbond substituents is 1. The topological polar surface area (TPSA) is 54.4 Å². The molecule has 1 heterocycles. The number of thiazole rings is 1. The summed E-state index contributed by atoms with van der Waals surface area (Å²) in [5.74, 6) is 1.13. The van der Waals surface area contributed by atoms with Gasteiger partial charge in [-0.1, -0.05) is 18.2 Å². The van der Waals surface area contributed by atoms with Crippen molar-refractivity contribution in [2.45, 2.75) is 13.5 Å². The Bertz CT molecular complexity index is 797. The van der Waals surface area contributed by atoms with E-state index in [0.717, 1.165) is 32.6 Å². The molecule has 0 spiro atoms. The molecule has 23 heavy (non-hydrogen) atoms. The van der Waals surface area contributed by atoms with Crippen LogP contribution in [-0.2, 0) is 6.54 Å². The molecule has 0 saturated heterocycles. The van der Waals surface area contributed by atoms with Gasteiger partial charge in [0.15, 0.2) is 5.13 Å². The number of phenols is 1. The maximum Gasteiger partial charge on any atom is 0.183 e. The molecule has 0 fully saturated rings. The Morgan fingerprint density at radius 3 is 2.57 bits per heavy atom. The lowest BCUT2D eigenvalue weighted by atomic mass is 10.1. The normalized spacial score (nSPS) is 10.5. The van der Waals surface area contributed by atoms with Gasteiger partial charge >= 0.3 is 0 Å². The van der Waals surface area contributed by atoms with Crippen molar-refractivity contribution in [2.75, 3.05) is 12.4 Å². The highest BCUT2D eigenvalue weighted by Crippen LogP contribution is 2.31. The summed E-state index contributed by atoms with van der Waals surface area (Å²) in [4.78, 5) is 5.81. The molecule has 118 valence electrons. The average molecular weight is 326 g/mol. The molecular weight excluding hydrogens is 308 g/mol. The monoisotopic (exact) mass is 326 g/mol. The first-order chi connectivity index (χ1) is 11.2. The number of nitrogens with zero attached hydrogens (tertiary/aromatic N) is 1. The number of methoxy groups -OCH3 is 1. The summed E-state index contributed by atoms with van der Waals surface area (Å²) in [6.07, 6.45) is 0. The number of benzene rings is 2. The van der Waals surface area contributed by atoms with E-state index in [1.165, 1.54) is 0 Å². The first-order valence-electron chi connectivity index (χ1n) is 7.30. The van der Waals surface area contributed by atoms with Gasteiger partial charge in [-0.3, -0.25) is 0 Å². The van der Waals surface area contributed by atoms with Crippen molar-refractivity contribution in [3.63, 3.8) is 0 Å². The third kappa shape index (κ3) is 3.46. The van der Waals surface area contributed by atoms with Crippen LogP contribution in [0.4, 0.5) is 5.13 Å². The lowest BCUT2D eigenvalue weighted by Gasteiger charge is -2.05. The Morgan fingerprint density at radius 1 is 1.13 bits per heavy atom. The summed E-state index contributed by atoms with van der Waals surface area (Å²) in [6, 6.07) is 15.2. The standard InChI is InChI=1S/C18H18N2O2S/c1-12-17(13-7-9-15(22-2)10-8-13)20-18(23-12)19-11-14-5-3-4-6-16(14)21/h3-10,21H,11H2,1-2H3,(H,19,20). The molecule has 0 aliphatic heterocycles. The predicted octanol–water partition coefficient (Wildman–Crippen LogP) is 4.44. The van der Waals surface area contributed by atoms with Crippen molar-refractivity contribution in [1.29, 1.82) is 0 Å². The second kappa shape index (κ2) is 6.71. The first-order valence-corrected chi connectivity index (χ1v) is 8.11. The largest absolute Gasteiger partial charge is 0.508 e. The molecule has 4 nitrogen and oxygen atoms in total. The Labute approximate surface area is 139 Å². The van der Waals surface area contributed by atoms with Crippen molar-refractivity contribution in [1.82, 2.24) is 4.98 Å². The Balaban J connectivity index is 1.76. The van der Waals surface area contributed by atoms with E-state index < -0.39 is 0 Å². The molecule has 2 aromatic carbocycles. The van der Waals surface area contributed by atoms with E-state index in [1.54, 1.807) is 24.5 Å². The van der Waals surface area contributed by atoms with Gasteiger partial charge in [0, 0.05) is 22.5 Å². The van der Waals surface area contributed by atoms with Gasteiger partial charge in [-0.05, 0) is 37.3 Å². The molecular formula is C18H18N2O2S. The van der Waals surface area contributed by atoms with Crippen molar-refractivity contribution in [3.8, 4) is 22.8 Å². The zero-order valence-electron chi connectivity index (χ0n) is 13.0. The second-order valence-electron chi connectivity index (χ2n) is 5.13. The zero-order chi connectivity index (χ0) is 16.2. The third-order valence-electron chi connectivity index (χ3n) is 3.58. The number of para-hydroxylation sites is 1. The van der Waals surface area contributed by atoms with Gasteiger partial charge in [-0.25, -0.2) is 4.98 Å². The third-order valence-corrected chi connectivity index (χ3v) is 4.51. The summed E-state index contributed by atoms with van der Waals surface area (Å²) in [5, 5.41) is 13.9. The SMILES string of the molecule is COc1ccc(-c2nc(NCc3ccccc3O)sc2C)cc1. The molecule has 2 N–H and O–H groups in total. The summed E-state index contributed by atoms with van der Waals surface area (Å²) >= 11 is 1.61. The minimum Gasteiger partial charge on any atom is -0.508 e. The number of rotatable bonds is 5. The molecule has 3 rings (SSSR count). The Morgan fingerprint density at radius 2 is 1.87 bits per heavy atom. The van der Waals surface area contributed by atoms with E-state index in [2.05, 4.69) is 17.2 Å². The van der Waals surface area contributed by atoms with Gasteiger partial charge in [0.1, 0.15) is 11.5 Å². The smallest absolute Gasteiger partial charge is 0.183 e.